The van der Waals surface area contributed by atoms with Crippen LogP contribution in [0.5, 0.6) is 0 Å². The molecule has 31 heavy (non-hydrogen) atoms. The second-order valence-electron chi connectivity index (χ2n) is 11.8. The molecule has 7 atom stereocenters. The van der Waals surface area contributed by atoms with Crippen molar-refractivity contribution >= 4 is 11.5 Å². The van der Waals surface area contributed by atoms with Crippen molar-refractivity contribution < 1.29 is 4.79 Å². The Kier molecular flexibility index (Phi) is 5.30. The molecule has 0 saturated heterocycles. The molecule has 3 nitrogen and oxygen atoms in total. The fourth-order valence-electron chi connectivity index (χ4n) is 8.29. The highest BCUT2D eigenvalue weighted by molar-refractivity contribution is 5.78. The first-order valence-electron chi connectivity index (χ1n) is 12.7. The zero-order valence-electron chi connectivity index (χ0n) is 19.9. The summed E-state index contributed by atoms with van der Waals surface area (Å²) in [5.74, 6) is 3.59. The molecule has 0 aromatic carbocycles. The third-order valence-corrected chi connectivity index (χ3v) is 10.1. The third-order valence-electron chi connectivity index (χ3n) is 10.1. The minimum atomic E-state index is 0.0870. The lowest BCUT2D eigenvalue weighted by molar-refractivity contribution is -0.127. The van der Waals surface area contributed by atoms with Gasteiger partial charge in [-0.25, -0.2) is 0 Å². The summed E-state index contributed by atoms with van der Waals surface area (Å²) in [7, 11) is 0. The molecule has 0 spiro atoms. The first kappa shape index (κ1) is 21.2. The zero-order valence-corrected chi connectivity index (χ0v) is 19.9. The number of hydrogen-bond acceptors (Lipinski definition) is 2. The molecule has 3 heteroatoms. The average molecular weight is 421 g/mol. The Morgan fingerprint density at radius 3 is 2.71 bits per heavy atom. The Hall–Kier alpha value is -1.64. The van der Waals surface area contributed by atoms with E-state index in [2.05, 4.69) is 48.6 Å². The van der Waals surface area contributed by atoms with Crippen LogP contribution in [0.3, 0.4) is 0 Å². The lowest BCUT2D eigenvalue weighted by Crippen LogP contribution is -2.55. The predicted molar refractivity (Wildman–Crippen MR) is 126 cm³/mol. The molecule has 1 aromatic rings. The van der Waals surface area contributed by atoms with Crippen LogP contribution in [-0.2, 0) is 4.79 Å². The fraction of sp³-hybridized carbons (Fsp3) is 0.714. The molecule has 0 aliphatic heterocycles. The van der Waals surface area contributed by atoms with E-state index in [4.69, 9.17) is 0 Å². The normalized spacial score (nSPS) is 41.7. The van der Waals surface area contributed by atoms with Crippen molar-refractivity contribution in [1.29, 1.82) is 0 Å². The minimum absolute atomic E-state index is 0.0870. The molecule has 3 fully saturated rings. The average Bonchev–Trinajstić information content (AvgIpc) is 3.11. The largest absolute Gasteiger partial charge is 0.353 e. The standard InChI is InChI=1S/C28H40N2O/c1-18(2)26(31)30-21-11-13-27(3)20(16-21)7-8-22-24-10-9-23(19-6-5-15-29-17-19)28(24,4)14-12-25(22)27/h5-6,9,15,17-18,20-22,24-25H,7-8,10-14,16H2,1-4H3,(H,30,31)/t20?,21-,22+,24+,25+,27+,28-/m1/s1. The Balaban J connectivity index is 1.33. The van der Waals surface area contributed by atoms with Crippen LogP contribution >= 0.6 is 0 Å². The Morgan fingerprint density at radius 2 is 1.97 bits per heavy atom. The van der Waals surface area contributed by atoms with E-state index in [0.717, 1.165) is 30.1 Å². The van der Waals surface area contributed by atoms with Crippen LogP contribution in [0, 0.1) is 40.4 Å². The van der Waals surface area contributed by atoms with Crippen LogP contribution in [0.4, 0.5) is 0 Å². The van der Waals surface area contributed by atoms with Gasteiger partial charge in [0.1, 0.15) is 0 Å². The number of pyridine rings is 1. The summed E-state index contributed by atoms with van der Waals surface area (Å²) in [5.41, 5.74) is 3.68. The maximum atomic E-state index is 12.3. The summed E-state index contributed by atoms with van der Waals surface area (Å²) in [6.07, 6.45) is 16.8. The van der Waals surface area contributed by atoms with Crippen LogP contribution in [0.15, 0.2) is 30.6 Å². The summed E-state index contributed by atoms with van der Waals surface area (Å²) < 4.78 is 0. The first-order chi connectivity index (χ1) is 14.8. The van der Waals surface area contributed by atoms with Crippen LogP contribution < -0.4 is 5.32 Å². The van der Waals surface area contributed by atoms with Gasteiger partial charge in [0.05, 0.1) is 0 Å². The number of carbonyl (C=O) groups is 1. The lowest BCUT2D eigenvalue weighted by atomic mass is 9.44. The molecule has 168 valence electrons. The molecule has 4 aliphatic rings. The second-order valence-corrected chi connectivity index (χ2v) is 11.8. The van der Waals surface area contributed by atoms with E-state index in [0.29, 0.717) is 16.9 Å². The van der Waals surface area contributed by atoms with E-state index < -0.39 is 0 Å². The summed E-state index contributed by atoms with van der Waals surface area (Å²) >= 11 is 0. The van der Waals surface area contributed by atoms with Crippen molar-refractivity contribution in [2.75, 3.05) is 0 Å². The highest BCUT2D eigenvalue weighted by Crippen LogP contribution is 2.67. The van der Waals surface area contributed by atoms with Gasteiger partial charge < -0.3 is 5.32 Å². The summed E-state index contributed by atoms with van der Waals surface area (Å²) in [4.78, 5) is 16.7. The predicted octanol–water partition coefficient (Wildman–Crippen LogP) is 6.26. The molecule has 0 bridgehead atoms. The number of allylic oxidation sites excluding steroid dienone is 2. The van der Waals surface area contributed by atoms with Gasteiger partial charge >= 0.3 is 0 Å². The van der Waals surface area contributed by atoms with Gasteiger partial charge in [-0.2, -0.15) is 0 Å². The van der Waals surface area contributed by atoms with E-state index in [1.807, 2.05) is 20.0 Å². The highest BCUT2D eigenvalue weighted by Gasteiger charge is 2.58. The van der Waals surface area contributed by atoms with Gasteiger partial charge in [0.15, 0.2) is 0 Å². The third kappa shape index (κ3) is 3.38. The lowest BCUT2D eigenvalue weighted by Gasteiger charge is -2.61. The van der Waals surface area contributed by atoms with Gasteiger partial charge in [-0.3, -0.25) is 9.78 Å². The monoisotopic (exact) mass is 420 g/mol. The summed E-state index contributed by atoms with van der Waals surface area (Å²) in [6, 6.07) is 4.73. The number of rotatable bonds is 3. The topological polar surface area (TPSA) is 42.0 Å². The zero-order chi connectivity index (χ0) is 21.8. The van der Waals surface area contributed by atoms with E-state index >= 15 is 0 Å². The summed E-state index contributed by atoms with van der Waals surface area (Å²) in [6.45, 7) is 9.17. The highest BCUT2D eigenvalue weighted by atomic mass is 16.1. The number of amides is 1. The smallest absolute Gasteiger partial charge is 0.222 e. The number of aromatic nitrogens is 1. The maximum absolute atomic E-state index is 12.3. The van der Waals surface area contributed by atoms with Crippen molar-refractivity contribution in [1.82, 2.24) is 10.3 Å². The van der Waals surface area contributed by atoms with E-state index in [1.54, 1.807) is 5.57 Å². The van der Waals surface area contributed by atoms with E-state index in [1.165, 1.54) is 50.5 Å². The fourth-order valence-corrected chi connectivity index (χ4v) is 8.29. The number of nitrogens with zero attached hydrogens (tertiary/aromatic N) is 1. The number of carbonyl (C=O) groups excluding carboxylic acids is 1. The van der Waals surface area contributed by atoms with E-state index in [9.17, 15) is 4.79 Å². The van der Waals surface area contributed by atoms with Crippen molar-refractivity contribution in [3.63, 3.8) is 0 Å². The Bertz CT molecular complexity index is 861. The van der Waals surface area contributed by atoms with E-state index in [-0.39, 0.29) is 11.8 Å². The molecule has 1 unspecified atom stereocenters. The number of fused-ring (bicyclic) bond motifs is 5. The van der Waals surface area contributed by atoms with Crippen LogP contribution in [0.1, 0.15) is 84.6 Å². The number of nitrogens with one attached hydrogen (secondary N) is 1. The van der Waals surface area contributed by atoms with Gasteiger partial charge in [0, 0.05) is 24.4 Å². The number of hydrogen-bond donors (Lipinski definition) is 1. The van der Waals surface area contributed by atoms with Crippen LogP contribution in [0.2, 0.25) is 0 Å². The molecule has 4 aliphatic carbocycles. The molecule has 1 heterocycles. The van der Waals surface area contributed by atoms with Crippen LogP contribution in [-0.4, -0.2) is 16.9 Å². The molecule has 3 saturated carbocycles. The molecule has 1 N–H and O–H groups in total. The molecule has 1 amide bonds. The van der Waals surface area contributed by atoms with Gasteiger partial charge in [-0.15, -0.1) is 0 Å². The van der Waals surface area contributed by atoms with Crippen molar-refractivity contribution in [2.45, 2.75) is 85.1 Å². The summed E-state index contributed by atoms with van der Waals surface area (Å²) in [5, 5.41) is 3.35. The van der Waals surface area contributed by atoms with Gasteiger partial charge in [0.2, 0.25) is 5.91 Å². The molecular formula is C28H40N2O. The molecular weight excluding hydrogens is 380 g/mol. The Labute approximate surface area is 188 Å². The van der Waals surface area contributed by atoms with Crippen molar-refractivity contribution in [2.24, 2.45) is 40.4 Å². The van der Waals surface area contributed by atoms with Gasteiger partial charge in [-0.05, 0) is 103 Å². The molecule has 0 radical (unpaired) electrons. The van der Waals surface area contributed by atoms with Crippen LogP contribution in [0.25, 0.3) is 5.57 Å². The SMILES string of the molecule is CC(C)C(=O)N[C@@H]1CC[C@@]2(C)C(CC[C@@H]3[C@@H]2CC[C@]2(C)C(c4cccnc4)=CC[C@@H]32)C1. The quantitative estimate of drug-likeness (QED) is 0.627. The maximum Gasteiger partial charge on any atom is 0.222 e. The van der Waals surface area contributed by atoms with Crippen molar-refractivity contribution in [3.05, 3.63) is 36.2 Å². The second kappa shape index (κ2) is 7.74. The first-order valence-corrected chi connectivity index (χ1v) is 12.7. The minimum Gasteiger partial charge on any atom is -0.353 e. The Morgan fingerprint density at radius 1 is 1.13 bits per heavy atom. The molecule has 5 rings (SSSR count). The van der Waals surface area contributed by atoms with Gasteiger partial charge in [-0.1, -0.05) is 39.8 Å². The van der Waals surface area contributed by atoms with Crippen molar-refractivity contribution in [3.8, 4) is 0 Å². The van der Waals surface area contributed by atoms with Gasteiger partial charge in [0.25, 0.3) is 0 Å². The molecule has 1 aromatic heterocycles.